The van der Waals surface area contributed by atoms with E-state index >= 15 is 0 Å². The molecule has 0 saturated heterocycles. The summed E-state index contributed by atoms with van der Waals surface area (Å²) in [5.41, 5.74) is -1.09. The molecule has 0 aromatic heterocycles. The average molecular weight is 320 g/mol. The van der Waals surface area contributed by atoms with Crippen molar-refractivity contribution in [2.24, 2.45) is 0 Å². The fraction of sp³-hybridized carbons (Fsp3) is 0.385. The maximum atomic E-state index is 12.2. The minimum Gasteiger partial charge on any atom is -0.467 e. The summed E-state index contributed by atoms with van der Waals surface area (Å²) in [7, 11) is 2.65. The summed E-state index contributed by atoms with van der Waals surface area (Å²) in [6.07, 6.45) is 0. The van der Waals surface area contributed by atoms with Gasteiger partial charge in [-0.05, 0) is 25.1 Å². The third kappa shape index (κ3) is 3.85. The van der Waals surface area contributed by atoms with Gasteiger partial charge in [-0.3, -0.25) is 4.79 Å². The Morgan fingerprint density at radius 1 is 1.30 bits per heavy atom. The first kappa shape index (κ1) is 16.8. The zero-order valence-corrected chi connectivity index (χ0v) is 12.8. The molecule has 0 aliphatic carbocycles. The van der Waals surface area contributed by atoms with E-state index in [2.05, 4.69) is 10.1 Å². The van der Waals surface area contributed by atoms with Gasteiger partial charge in [0.15, 0.2) is 5.54 Å². The van der Waals surface area contributed by atoms with E-state index in [0.717, 1.165) is 0 Å². The number of amides is 1. The molecule has 0 saturated carbocycles. The highest BCUT2D eigenvalue weighted by atomic mass is 35.5. The summed E-state index contributed by atoms with van der Waals surface area (Å²) in [6.45, 7) is 1.47. The molecule has 110 valence electrons. The summed E-state index contributed by atoms with van der Waals surface area (Å²) in [5.74, 6) is -1.13. The summed E-state index contributed by atoms with van der Waals surface area (Å²) in [6, 6.07) is 4.46. The number of carbonyl (C=O) groups is 2. The van der Waals surface area contributed by atoms with Crippen molar-refractivity contribution < 1.29 is 19.1 Å². The molecule has 0 unspecified atom stereocenters. The molecule has 0 bridgehead atoms. The molecule has 1 N–H and O–H groups in total. The smallest absolute Gasteiger partial charge is 0.333 e. The molecule has 1 aromatic rings. The van der Waals surface area contributed by atoms with E-state index in [0.29, 0.717) is 5.02 Å². The van der Waals surface area contributed by atoms with Crippen LogP contribution in [-0.4, -0.2) is 38.2 Å². The summed E-state index contributed by atoms with van der Waals surface area (Å²) < 4.78 is 9.61. The third-order valence-corrected chi connectivity index (χ3v) is 3.18. The van der Waals surface area contributed by atoms with Crippen LogP contribution in [0.2, 0.25) is 10.0 Å². The number of hydrogen-bond acceptors (Lipinski definition) is 4. The van der Waals surface area contributed by atoms with E-state index in [1.807, 2.05) is 0 Å². The van der Waals surface area contributed by atoms with E-state index in [1.54, 1.807) is 0 Å². The van der Waals surface area contributed by atoms with Gasteiger partial charge in [0.25, 0.3) is 5.91 Å². The summed E-state index contributed by atoms with van der Waals surface area (Å²) >= 11 is 11.7. The van der Waals surface area contributed by atoms with Crippen LogP contribution in [0.1, 0.15) is 17.3 Å². The number of rotatable bonds is 5. The second kappa shape index (κ2) is 6.92. The molecule has 1 atom stereocenters. The normalized spacial score (nSPS) is 13.4. The van der Waals surface area contributed by atoms with Gasteiger partial charge in [-0.2, -0.15) is 0 Å². The van der Waals surface area contributed by atoms with Crippen molar-refractivity contribution in [3.63, 3.8) is 0 Å². The molecular formula is C13H15Cl2NO4. The lowest BCUT2D eigenvalue weighted by Gasteiger charge is -2.27. The molecule has 0 fully saturated rings. The molecule has 5 nitrogen and oxygen atoms in total. The number of nitrogens with one attached hydrogen (secondary N) is 1. The van der Waals surface area contributed by atoms with Crippen LogP contribution in [0, 0.1) is 0 Å². The van der Waals surface area contributed by atoms with Crippen LogP contribution in [0.25, 0.3) is 0 Å². The van der Waals surface area contributed by atoms with E-state index in [4.69, 9.17) is 27.9 Å². The molecule has 7 heteroatoms. The number of ether oxygens (including phenoxy) is 2. The van der Waals surface area contributed by atoms with Gasteiger partial charge in [0.2, 0.25) is 0 Å². The van der Waals surface area contributed by atoms with Crippen molar-refractivity contribution >= 4 is 35.1 Å². The lowest BCUT2D eigenvalue weighted by atomic mass is 10.0. The fourth-order valence-corrected chi connectivity index (χ4v) is 2.15. The Bertz CT molecular complexity index is 521. The largest absolute Gasteiger partial charge is 0.467 e. The summed E-state index contributed by atoms with van der Waals surface area (Å²) in [4.78, 5) is 23.9. The molecule has 20 heavy (non-hydrogen) atoms. The number of esters is 1. The highest BCUT2D eigenvalue weighted by molar-refractivity contribution is 6.36. The number of halogens is 2. The first-order valence-corrected chi connectivity index (χ1v) is 6.44. The lowest BCUT2D eigenvalue weighted by molar-refractivity contribution is -0.149. The molecule has 0 aliphatic rings. The van der Waals surface area contributed by atoms with Crippen LogP contribution >= 0.6 is 23.2 Å². The fourth-order valence-electron chi connectivity index (χ4n) is 1.65. The molecule has 0 spiro atoms. The van der Waals surface area contributed by atoms with Crippen LogP contribution < -0.4 is 5.32 Å². The van der Waals surface area contributed by atoms with E-state index < -0.39 is 17.4 Å². The Labute approximate surface area is 127 Å². The van der Waals surface area contributed by atoms with Gasteiger partial charge in [-0.25, -0.2) is 4.79 Å². The van der Waals surface area contributed by atoms with Gasteiger partial charge in [-0.1, -0.05) is 23.2 Å². The Morgan fingerprint density at radius 3 is 2.45 bits per heavy atom. The van der Waals surface area contributed by atoms with Gasteiger partial charge < -0.3 is 14.8 Å². The highest BCUT2D eigenvalue weighted by Gasteiger charge is 2.36. The zero-order chi connectivity index (χ0) is 15.3. The monoisotopic (exact) mass is 319 g/mol. The van der Waals surface area contributed by atoms with Crippen LogP contribution in [0.3, 0.4) is 0 Å². The van der Waals surface area contributed by atoms with Crippen LogP contribution in [-0.2, 0) is 14.3 Å². The molecule has 1 rings (SSSR count). The highest BCUT2D eigenvalue weighted by Crippen LogP contribution is 2.21. The summed E-state index contributed by atoms with van der Waals surface area (Å²) in [5, 5.41) is 3.17. The molecular weight excluding hydrogens is 305 g/mol. The van der Waals surface area contributed by atoms with E-state index in [9.17, 15) is 9.59 Å². The molecule has 0 radical (unpaired) electrons. The Kier molecular flexibility index (Phi) is 5.80. The maximum Gasteiger partial charge on any atom is 0.333 e. The minimum absolute atomic E-state index is 0.0311. The van der Waals surface area contributed by atoms with Crippen molar-refractivity contribution in [2.75, 3.05) is 20.8 Å². The standard InChI is InChI=1S/C13H15Cl2NO4/c1-13(7-19-2,12(18)20-3)16-11(17)9-5-4-8(14)6-10(9)15/h4-6H,7H2,1-3H3,(H,16,17)/t13-/m0/s1. The van der Waals surface area contributed by atoms with E-state index in [1.165, 1.54) is 39.3 Å². The van der Waals surface area contributed by atoms with Crippen molar-refractivity contribution in [1.29, 1.82) is 0 Å². The van der Waals surface area contributed by atoms with E-state index in [-0.39, 0.29) is 17.2 Å². The Balaban J connectivity index is 2.99. The molecule has 0 heterocycles. The van der Waals surface area contributed by atoms with Crippen LogP contribution in [0.4, 0.5) is 0 Å². The van der Waals surface area contributed by atoms with Gasteiger partial charge in [0.1, 0.15) is 0 Å². The molecule has 1 aromatic carbocycles. The predicted octanol–water partition coefficient (Wildman–Crippen LogP) is 2.30. The third-order valence-electron chi connectivity index (χ3n) is 2.63. The van der Waals surface area contributed by atoms with Crippen molar-refractivity contribution in [3.8, 4) is 0 Å². The second-order valence-corrected chi connectivity index (χ2v) is 5.18. The average Bonchev–Trinajstić information content (AvgIpc) is 2.37. The first-order valence-electron chi connectivity index (χ1n) is 5.69. The van der Waals surface area contributed by atoms with Crippen LogP contribution in [0.15, 0.2) is 18.2 Å². The molecule has 1 amide bonds. The van der Waals surface area contributed by atoms with Gasteiger partial charge in [0, 0.05) is 12.1 Å². The zero-order valence-electron chi connectivity index (χ0n) is 11.3. The topological polar surface area (TPSA) is 64.6 Å². The number of hydrogen-bond donors (Lipinski definition) is 1. The van der Waals surface area contributed by atoms with Crippen molar-refractivity contribution in [3.05, 3.63) is 33.8 Å². The van der Waals surface area contributed by atoms with Gasteiger partial charge in [0.05, 0.1) is 24.3 Å². The Hall–Kier alpha value is -1.30. The number of methoxy groups -OCH3 is 2. The minimum atomic E-state index is -1.30. The SMILES string of the molecule is COC[C@](C)(NC(=O)c1ccc(Cl)cc1Cl)C(=O)OC. The van der Waals surface area contributed by atoms with Crippen molar-refractivity contribution in [1.82, 2.24) is 5.32 Å². The van der Waals surface area contributed by atoms with Gasteiger partial charge >= 0.3 is 5.97 Å². The predicted molar refractivity (Wildman–Crippen MR) is 76.2 cm³/mol. The quantitative estimate of drug-likeness (QED) is 0.846. The number of benzene rings is 1. The second-order valence-electron chi connectivity index (χ2n) is 4.33. The van der Waals surface area contributed by atoms with Crippen molar-refractivity contribution in [2.45, 2.75) is 12.5 Å². The maximum absolute atomic E-state index is 12.2. The van der Waals surface area contributed by atoms with Crippen LogP contribution in [0.5, 0.6) is 0 Å². The Morgan fingerprint density at radius 2 is 1.95 bits per heavy atom. The molecule has 0 aliphatic heterocycles. The first-order chi connectivity index (χ1) is 9.34. The lowest BCUT2D eigenvalue weighted by Crippen LogP contribution is -2.55. The number of carbonyl (C=O) groups excluding carboxylic acids is 2. The van der Waals surface area contributed by atoms with Gasteiger partial charge in [-0.15, -0.1) is 0 Å².